The van der Waals surface area contributed by atoms with Crippen molar-refractivity contribution in [3.05, 3.63) is 65.0 Å². The molecule has 1 aromatic carbocycles. The molecule has 102 valence electrons. The number of pyridine rings is 1. The van der Waals surface area contributed by atoms with Crippen LogP contribution in [0.1, 0.15) is 32.0 Å². The Morgan fingerprint density at radius 3 is 2.25 bits per heavy atom. The van der Waals surface area contributed by atoms with Crippen molar-refractivity contribution in [2.24, 2.45) is 0 Å². The molecule has 5 heteroatoms. The summed E-state index contributed by atoms with van der Waals surface area (Å²) in [4.78, 5) is 27.8. The van der Waals surface area contributed by atoms with Crippen molar-refractivity contribution in [2.45, 2.75) is 13.8 Å². The van der Waals surface area contributed by atoms with Gasteiger partial charge >= 0.3 is 0 Å². The predicted octanol–water partition coefficient (Wildman–Crippen LogP) is 1.77. The monoisotopic (exact) mass is 269 g/mol. The lowest BCUT2D eigenvalue weighted by molar-refractivity contribution is 0.0843. The van der Waals surface area contributed by atoms with Crippen LogP contribution in [0.3, 0.4) is 0 Å². The van der Waals surface area contributed by atoms with Crippen LogP contribution in [0.25, 0.3) is 0 Å². The van der Waals surface area contributed by atoms with E-state index in [1.165, 1.54) is 6.20 Å². The molecule has 0 fully saturated rings. The topological polar surface area (TPSA) is 71.1 Å². The van der Waals surface area contributed by atoms with Gasteiger partial charge in [-0.2, -0.15) is 0 Å². The van der Waals surface area contributed by atoms with Gasteiger partial charge in [0.2, 0.25) is 0 Å². The van der Waals surface area contributed by atoms with Crippen LogP contribution >= 0.6 is 0 Å². The van der Waals surface area contributed by atoms with Gasteiger partial charge in [0.05, 0.1) is 0 Å². The second kappa shape index (κ2) is 5.97. The third-order valence-corrected chi connectivity index (χ3v) is 2.90. The van der Waals surface area contributed by atoms with E-state index in [0.29, 0.717) is 5.56 Å². The summed E-state index contributed by atoms with van der Waals surface area (Å²) < 4.78 is 0. The number of hydrogen-bond donors (Lipinski definition) is 2. The van der Waals surface area contributed by atoms with E-state index >= 15 is 0 Å². The van der Waals surface area contributed by atoms with E-state index in [2.05, 4.69) is 15.8 Å². The van der Waals surface area contributed by atoms with Gasteiger partial charge in [0, 0.05) is 11.8 Å². The molecule has 1 heterocycles. The highest BCUT2D eigenvalue weighted by Crippen LogP contribution is 2.06. The maximum atomic E-state index is 11.9. The van der Waals surface area contributed by atoms with Crippen LogP contribution in [0.2, 0.25) is 0 Å². The molecule has 20 heavy (non-hydrogen) atoms. The SMILES string of the molecule is Cc1ccccc1C(=O)NNC(=O)c1ncccc1C. The maximum Gasteiger partial charge on any atom is 0.288 e. The average Bonchev–Trinajstić information content (AvgIpc) is 2.45. The summed E-state index contributed by atoms with van der Waals surface area (Å²) in [5.41, 5.74) is 7.15. The van der Waals surface area contributed by atoms with Gasteiger partial charge in [-0.15, -0.1) is 0 Å². The summed E-state index contributed by atoms with van der Waals surface area (Å²) >= 11 is 0. The van der Waals surface area contributed by atoms with E-state index in [4.69, 9.17) is 0 Å². The smallest absolute Gasteiger partial charge is 0.267 e. The first kappa shape index (κ1) is 13.7. The number of nitrogens with one attached hydrogen (secondary N) is 2. The Morgan fingerprint density at radius 2 is 1.55 bits per heavy atom. The summed E-state index contributed by atoms with van der Waals surface area (Å²) in [5.74, 6) is -0.796. The molecule has 2 rings (SSSR count). The van der Waals surface area contributed by atoms with E-state index < -0.39 is 5.91 Å². The van der Waals surface area contributed by atoms with Crippen LogP contribution in [0.5, 0.6) is 0 Å². The fourth-order valence-corrected chi connectivity index (χ4v) is 1.79. The van der Waals surface area contributed by atoms with Gasteiger partial charge in [-0.1, -0.05) is 24.3 Å². The van der Waals surface area contributed by atoms with Crippen LogP contribution < -0.4 is 10.9 Å². The molecule has 0 aliphatic rings. The second-order valence-electron chi connectivity index (χ2n) is 4.39. The van der Waals surface area contributed by atoms with Gasteiger partial charge in [-0.3, -0.25) is 25.4 Å². The van der Waals surface area contributed by atoms with Crippen molar-refractivity contribution >= 4 is 11.8 Å². The number of hydrogen-bond acceptors (Lipinski definition) is 3. The summed E-state index contributed by atoms with van der Waals surface area (Å²) in [5, 5.41) is 0. The number of hydrazine groups is 1. The van der Waals surface area contributed by atoms with Crippen LogP contribution in [-0.2, 0) is 0 Å². The van der Waals surface area contributed by atoms with Crippen molar-refractivity contribution in [2.75, 3.05) is 0 Å². The number of carbonyl (C=O) groups excluding carboxylic acids is 2. The van der Waals surface area contributed by atoms with E-state index in [0.717, 1.165) is 11.1 Å². The molecular formula is C15H15N3O2. The van der Waals surface area contributed by atoms with Crippen molar-refractivity contribution < 1.29 is 9.59 Å². The Labute approximate surface area is 117 Å². The Balaban J connectivity index is 2.03. The molecule has 1 aromatic heterocycles. The van der Waals surface area contributed by atoms with Gasteiger partial charge in [0.15, 0.2) is 0 Å². The zero-order chi connectivity index (χ0) is 14.5. The second-order valence-corrected chi connectivity index (χ2v) is 4.39. The van der Waals surface area contributed by atoms with Crippen LogP contribution in [0.4, 0.5) is 0 Å². The number of aromatic nitrogens is 1. The van der Waals surface area contributed by atoms with Gasteiger partial charge in [-0.05, 0) is 37.1 Å². The normalized spacial score (nSPS) is 9.90. The Morgan fingerprint density at radius 1 is 0.900 bits per heavy atom. The molecular weight excluding hydrogens is 254 g/mol. The quantitative estimate of drug-likeness (QED) is 0.816. The standard InChI is InChI=1S/C15H15N3O2/c1-10-6-3-4-8-12(10)14(19)17-18-15(20)13-11(2)7-5-9-16-13/h3-9H,1-2H3,(H,17,19)(H,18,20). The van der Waals surface area contributed by atoms with Crippen molar-refractivity contribution in [3.63, 3.8) is 0 Å². The first-order valence-electron chi connectivity index (χ1n) is 6.17. The molecule has 2 amide bonds. The van der Waals surface area contributed by atoms with Gasteiger partial charge in [0.1, 0.15) is 5.69 Å². The summed E-state index contributed by atoms with van der Waals surface area (Å²) in [6, 6.07) is 10.7. The lowest BCUT2D eigenvalue weighted by Crippen LogP contribution is -2.42. The lowest BCUT2D eigenvalue weighted by Gasteiger charge is -2.09. The minimum absolute atomic E-state index is 0.289. The molecule has 0 aliphatic carbocycles. The van der Waals surface area contributed by atoms with Crippen LogP contribution in [0, 0.1) is 13.8 Å². The zero-order valence-corrected chi connectivity index (χ0v) is 11.3. The van der Waals surface area contributed by atoms with E-state index in [-0.39, 0.29) is 11.6 Å². The molecule has 2 aromatic rings. The molecule has 0 radical (unpaired) electrons. The van der Waals surface area contributed by atoms with E-state index in [1.807, 2.05) is 19.1 Å². The number of rotatable bonds is 2. The van der Waals surface area contributed by atoms with Gasteiger partial charge in [-0.25, -0.2) is 0 Å². The van der Waals surface area contributed by atoms with E-state index in [1.54, 1.807) is 31.2 Å². The fraction of sp³-hybridized carbons (Fsp3) is 0.133. The number of carbonyl (C=O) groups is 2. The van der Waals surface area contributed by atoms with Crippen molar-refractivity contribution in [1.82, 2.24) is 15.8 Å². The molecule has 0 bridgehead atoms. The predicted molar refractivity (Wildman–Crippen MR) is 75.1 cm³/mol. The minimum atomic E-state index is -0.440. The highest BCUT2D eigenvalue weighted by Gasteiger charge is 2.12. The third kappa shape index (κ3) is 3.00. The Kier molecular flexibility index (Phi) is 4.10. The van der Waals surface area contributed by atoms with E-state index in [9.17, 15) is 9.59 Å². The molecule has 0 spiro atoms. The van der Waals surface area contributed by atoms with Crippen molar-refractivity contribution in [1.29, 1.82) is 0 Å². The highest BCUT2D eigenvalue weighted by molar-refractivity contribution is 5.99. The molecule has 0 aliphatic heterocycles. The van der Waals surface area contributed by atoms with Crippen LogP contribution in [-0.4, -0.2) is 16.8 Å². The number of amides is 2. The molecule has 5 nitrogen and oxygen atoms in total. The van der Waals surface area contributed by atoms with Gasteiger partial charge < -0.3 is 0 Å². The van der Waals surface area contributed by atoms with Crippen LogP contribution in [0.15, 0.2) is 42.6 Å². The van der Waals surface area contributed by atoms with Gasteiger partial charge in [0.25, 0.3) is 11.8 Å². The third-order valence-electron chi connectivity index (χ3n) is 2.90. The molecule has 0 atom stereocenters. The number of nitrogens with zero attached hydrogens (tertiary/aromatic N) is 1. The Bertz CT molecular complexity index is 596. The summed E-state index contributed by atoms with van der Waals surface area (Å²) in [7, 11) is 0. The average molecular weight is 269 g/mol. The molecule has 0 saturated heterocycles. The zero-order valence-electron chi connectivity index (χ0n) is 11.3. The fourth-order valence-electron chi connectivity index (χ4n) is 1.79. The number of benzene rings is 1. The van der Waals surface area contributed by atoms with Crippen molar-refractivity contribution in [3.8, 4) is 0 Å². The first-order chi connectivity index (χ1) is 9.59. The minimum Gasteiger partial charge on any atom is -0.267 e. The first-order valence-corrected chi connectivity index (χ1v) is 6.17. The largest absolute Gasteiger partial charge is 0.288 e. The summed E-state index contributed by atoms with van der Waals surface area (Å²) in [6.45, 7) is 3.62. The number of aryl methyl sites for hydroxylation is 2. The maximum absolute atomic E-state index is 11.9. The lowest BCUT2D eigenvalue weighted by atomic mass is 10.1. The molecule has 2 N–H and O–H groups in total. The highest BCUT2D eigenvalue weighted by atomic mass is 16.2. The Hall–Kier alpha value is -2.69. The molecule has 0 saturated carbocycles. The summed E-state index contributed by atoms with van der Waals surface area (Å²) in [6.07, 6.45) is 1.53. The molecule has 0 unspecified atom stereocenters.